The average molecular weight is 483 g/mol. The molecule has 0 spiro atoms. The summed E-state index contributed by atoms with van der Waals surface area (Å²) >= 11 is 0. The molecule has 1 N–H and O–H groups in total. The lowest BCUT2D eigenvalue weighted by Gasteiger charge is -2.27. The van der Waals surface area contributed by atoms with E-state index in [9.17, 15) is 14.7 Å². The highest BCUT2D eigenvalue weighted by atomic mass is 16.3. The van der Waals surface area contributed by atoms with Gasteiger partial charge >= 0.3 is 0 Å². The van der Waals surface area contributed by atoms with Gasteiger partial charge in [-0.15, -0.1) is 0 Å². The van der Waals surface area contributed by atoms with Crippen molar-refractivity contribution < 1.29 is 14.7 Å². The third kappa shape index (κ3) is 4.53. The van der Waals surface area contributed by atoms with Gasteiger partial charge in [-0.05, 0) is 86.7 Å². The van der Waals surface area contributed by atoms with Crippen molar-refractivity contribution in [2.75, 3.05) is 22.9 Å². The van der Waals surface area contributed by atoms with Crippen molar-refractivity contribution in [1.82, 2.24) is 0 Å². The van der Waals surface area contributed by atoms with E-state index in [2.05, 4.69) is 25.7 Å². The van der Waals surface area contributed by atoms with Crippen LogP contribution in [0.4, 0.5) is 11.4 Å². The molecule has 186 valence electrons. The van der Waals surface area contributed by atoms with E-state index in [1.807, 2.05) is 74.5 Å². The summed E-state index contributed by atoms with van der Waals surface area (Å²) in [6.07, 6.45) is 0.877. The van der Waals surface area contributed by atoms with Crippen LogP contribution in [0, 0.1) is 13.8 Å². The monoisotopic (exact) mass is 482 g/mol. The first-order chi connectivity index (χ1) is 17.3. The number of carbonyl (C=O) groups is 2. The van der Waals surface area contributed by atoms with Gasteiger partial charge in [-0.1, -0.05) is 43.3 Å². The molecule has 1 saturated heterocycles. The van der Waals surface area contributed by atoms with Crippen LogP contribution in [0.25, 0.3) is 5.76 Å². The van der Waals surface area contributed by atoms with Crippen LogP contribution in [0.1, 0.15) is 54.6 Å². The third-order valence-electron chi connectivity index (χ3n) is 7.18. The smallest absolute Gasteiger partial charge is 0.300 e. The molecule has 1 fully saturated rings. The number of ketones is 1. The molecule has 3 aromatic rings. The Morgan fingerprint density at radius 3 is 2.06 bits per heavy atom. The van der Waals surface area contributed by atoms with Gasteiger partial charge in [-0.25, -0.2) is 0 Å². The van der Waals surface area contributed by atoms with E-state index >= 15 is 0 Å². The minimum absolute atomic E-state index is 0.110. The predicted octanol–water partition coefficient (Wildman–Crippen LogP) is 6.34. The number of Topliss-reactive ketones (excluding diaryl/α,β-unsaturated/α-hetero) is 1. The van der Waals surface area contributed by atoms with E-state index in [0.717, 1.165) is 47.5 Å². The number of benzene rings is 3. The fourth-order valence-corrected chi connectivity index (χ4v) is 4.81. The number of hydrogen-bond donors (Lipinski definition) is 1. The summed E-state index contributed by atoms with van der Waals surface area (Å²) < 4.78 is 0. The van der Waals surface area contributed by atoms with Gasteiger partial charge in [0.15, 0.2) is 0 Å². The van der Waals surface area contributed by atoms with E-state index in [1.165, 1.54) is 4.90 Å². The quantitative estimate of drug-likeness (QED) is 0.243. The maximum atomic E-state index is 13.4. The topological polar surface area (TPSA) is 60.9 Å². The second kappa shape index (κ2) is 10.4. The molecule has 1 aliphatic heterocycles. The predicted molar refractivity (Wildman–Crippen MR) is 147 cm³/mol. The summed E-state index contributed by atoms with van der Waals surface area (Å²) in [4.78, 5) is 30.6. The minimum atomic E-state index is -0.732. The highest BCUT2D eigenvalue weighted by Gasteiger charge is 2.47. The highest BCUT2D eigenvalue weighted by molar-refractivity contribution is 6.51. The second-order valence-corrected chi connectivity index (χ2v) is 9.25. The molecule has 0 aromatic heterocycles. The number of nitrogens with zero attached hydrogens (tertiary/aromatic N) is 2. The first-order valence-electron chi connectivity index (χ1n) is 12.6. The van der Waals surface area contributed by atoms with E-state index in [-0.39, 0.29) is 11.3 Å². The molecule has 36 heavy (non-hydrogen) atoms. The zero-order chi connectivity index (χ0) is 26.0. The lowest BCUT2D eigenvalue weighted by Crippen LogP contribution is -2.29. The Labute approximate surface area is 213 Å². The van der Waals surface area contributed by atoms with Crippen LogP contribution >= 0.6 is 0 Å². The summed E-state index contributed by atoms with van der Waals surface area (Å²) in [5.41, 5.74) is 6.35. The second-order valence-electron chi connectivity index (χ2n) is 9.25. The van der Waals surface area contributed by atoms with Crippen LogP contribution in [0.5, 0.6) is 0 Å². The van der Waals surface area contributed by atoms with Gasteiger partial charge < -0.3 is 10.0 Å². The number of hydrogen-bond acceptors (Lipinski definition) is 4. The van der Waals surface area contributed by atoms with Crippen LogP contribution in [0.3, 0.4) is 0 Å². The number of carbonyl (C=O) groups excluding carboxylic acids is 2. The molecular formula is C31H34N2O3. The molecule has 1 amide bonds. The van der Waals surface area contributed by atoms with Gasteiger partial charge in [0.25, 0.3) is 11.7 Å². The molecule has 0 aliphatic carbocycles. The molecule has 5 nitrogen and oxygen atoms in total. The SMILES string of the molecule is CCc1ccc(N2C(=O)C(=O)/C(=C(\O)c3ccc(C)c(C)c3)C2c2ccc(N(CC)CC)cc2)cc1. The average Bonchev–Trinajstić information content (AvgIpc) is 3.16. The molecule has 0 radical (unpaired) electrons. The number of aliphatic hydroxyl groups excluding tert-OH is 1. The minimum Gasteiger partial charge on any atom is -0.507 e. The van der Waals surface area contributed by atoms with Gasteiger partial charge in [0, 0.05) is 30.0 Å². The van der Waals surface area contributed by atoms with Crippen LogP contribution in [0.15, 0.2) is 72.3 Å². The molecule has 4 rings (SSSR count). The van der Waals surface area contributed by atoms with Gasteiger partial charge in [0.1, 0.15) is 5.76 Å². The Balaban J connectivity index is 1.89. The Bertz CT molecular complexity index is 1300. The van der Waals surface area contributed by atoms with Crippen molar-refractivity contribution in [3.8, 4) is 0 Å². The molecular weight excluding hydrogens is 448 g/mol. The summed E-state index contributed by atoms with van der Waals surface area (Å²) in [6, 6.07) is 20.4. The fourth-order valence-electron chi connectivity index (χ4n) is 4.81. The zero-order valence-corrected chi connectivity index (χ0v) is 21.7. The van der Waals surface area contributed by atoms with Crippen LogP contribution in [-0.4, -0.2) is 29.9 Å². The summed E-state index contributed by atoms with van der Waals surface area (Å²) in [7, 11) is 0. The lowest BCUT2D eigenvalue weighted by atomic mass is 9.94. The van der Waals surface area contributed by atoms with E-state index < -0.39 is 17.7 Å². The standard InChI is InChI=1S/C31H34N2O3/c1-6-22-10-15-26(16-11-22)33-28(23-13-17-25(18-14-23)32(7-2)8-3)27(30(35)31(33)36)29(34)24-12-9-20(4)21(5)19-24/h9-19,28,34H,6-8H2,1-5H3/b29-27-. The Hall–Kier alpha value is -3.86. The van der Waals surface area contributed by atoms with Crippen molar-refractivity contribution in [3.63, 3.8) is 0 Å². The third-order valence-corrected chi connectivity index (χ3v) is 7.18. The Morgan fingerprint density at radius 1 is 0.861 bits per heavy atom. The van der Waals surface area contributed by atoms with Gasteiger partial charge in [0.05, 0.1) is 11.6 Å². The van der Waals surface area contributed by atoms with Crippen LogP contribution in [0.2, 0.25) is 0 Å². The Kier molecular flexibility index (Phi) is 7.30. The fraction of sp³-hybridized carbons (Fsp3) is 0.290. The largest absolute Gasteiger partial charge is 0.507 e. The molecule has 5 heteroatoms. The van der Waals surface area contributed by atoms with Crippen molar-refractivity contribution in [1.29, 1.82) is 0 Å². The summed E-state index contributed by atoms with van der Waals surface area (Å²) in [6.45, 7) is 12.0. The number of anilines is 2. The lowest BCUT2D eigenvalue weighted by molar-refractivity contribution is -0.132. The van der Waals surface area contributed by atoms with Crippen molar-refractivity contribution in [3.05, 3.63) is 100 Å². The van der Waals surface area contributed by atoms with E-state index in [4.69, 9.17) is 0 Å². The van der Waals surface area contributed by atoms with Crippen molar-refractivity contribution >= 4 is 28.8 Å². The molecule has 1 heterocycles. The molecule has 0 bridgehead atoms. The van der Waals surface area contributed by atoms with Crippen molar-refractivity contribution in [2.45, 2.75) is 47.1 Å². The van der Waals surface area contributed by atoms with Gasteiger partial charge in [-0.2, -0.15) is 0 Å². The van der Waals surface area contributed by atoms with Crippen LogP contribution in [-0.2, 0) is 16.0 Å². The van der Waals surface area contributed by atoms with E-state index in [1.54, 1.807) is 6.07 Å². The molecule has 1 unspecified atom stereocenters. The summed E-state index contributed by atoms with van der Waals surface area (Å²) in [5, 5.41) is 11.4. The molecule has 1 atom stereocenters. The number of aryl methyl sites for hydroxylation is 3. The first kappa shape index (κ1) is 25.2. The van der Waals surface area contributed by atoms with Crippen molar-refractivity contribution in [2.24, 2.45) is 0 Å². The Morgan fingerprint density at radius 2 is 1.50 bits per heavy atom. The zero-order valence-electron chi connectivity index (χ0n) is 21.7. The maximum Gasteiger partial charge on any atom is 0.300 e. The molecule has 0 saturated carbocycles. The molecule has 1 aliphatic rings. The first-order valence-corrected chi connectivity index (χ1v) is 12.6. The van der Waals surface area contributed by atoms with Gasteiger partial charge in [0.2, 0.25) is 0 Å². The van der Waals surface area contributed by atoms with E-state index in [0.29, 0.717) is 11.3 Å². The number of rotatable bonds is 7. The highest BCUT2D eigenvalue weighted by Crippen LogP contribution is 2.42. The normalized spacial score (nSPS) is 17.0. The summed E-state index contributed by atoms with van der Waals surface area (Å²) in [5.74, 6) is -1.47. The van der Waals surface area contributed by atoms with Gasteiger partial charge in [-0.3, -0.25) is 14.5 Å². The number of aliphatic hydroxyl groups is 1. The number of amides is 1. The maximum absolute atomic E-state index is 13.4. The molecule has 3 aromatic carbocycles. The van der Waals surface area contributed by atoms with Crippen LogP contribution < -0.4 is 9.80 Å².